The van der Waals surface area contributed by atoms with Crippen LogP contribution in [0.15, 0.2) is 30.3 Å². The van der Waals surface area contributed by atoms with E-state index in [4.69, 9.17) is 11.1 Å². The SMILES string of the molecule is Cc1ccc(-c2ccc3nc(NC(=O)[C@@H]4C[C@@H]4F)sc3c2)c(C=N)c1N. The number of nitrogens with two attached hydrogens (primary N) is 1. The van der Waals surface area contributed by atoms with E-state index in [0.717, 1.165) is 26.9 Å². The van der Waals surface area contributed by atoms with Crippen LogP contribution in [0.3, 0.4) is 0 Å². The number of carbonyl (C=O) groups excluding carboxylic acids is 1. The maximum atomic E-state index is 13.0. The second-order valence-corrected chi connectivity index (χ2v) is 7.48. The van der Waals surface area contributed by atoms with Gasteiger partial charge in [0.1, 0.15) is 6.17 Å². The van der Waals surface area contributed by atoms with E-state index in [9.17, 15) is 9.18 Å². The minimum atomic E-state index is -1.03. The van der Waals surface area contributed by atoms with Crippen molar-refractivity contribution >= 4 is 44.5 Å². The Hall–Kier alpha value is -2.80. The van der Waals surface area contributed by atoms with Gasteiger partial charge in [0.15, 0.2) is 5.13 Å². The van der Waals surface area contributed by atoms with Gasteiger partial charge < -0.3 is 16.5 Å². The molecule has 1 heterocycles. The van der Waals surface area contributed by atoms with Gasteiger partial charge >= 0.3 is 0 Å². The van der Waals surface area contributed by atoms with E-state index in [-0.39, 0.29) is 5.91 Å². The van der Waals surface area contributed by atoms with Crippen LogP contribution in [-0.2, 0) is 4.79 Å². The Morgan fingerprint density at radius 1 is 1.42 bits per heavy atom. The van der Waals surface area contributed by atoms with Crippen molar-refractivity contribution in [1.29, 1.82) is 5.41 Å². The number of alkyl halides is 1. The highest BCUT2D eigenvalue weighted by atomic mass is 32.1. The van der Waals surface area contributed by atoms with E-state index in [2.05, 4.69) is 10.3 Å². The molecule has 1 aromatic heterocycles. The highest BCUT2D eigenvalue weighted by Crippen LogP contribution is 2.37. The van der Waals surface area contributed by atoms with Crippen LogP contribution in [0.1, 0.15) is 17.5 Å². The zero-order valence-electron chi connectivity index (χ0n) is 14.0. The van der Waals surface area contributed by atoms with Gasteiger partial charge in [-0.05, 0) is 42.2 Å². The van der Waals surface area contributed by atoms with Crippen LogP contribution in [0.5, 0.6) is 0 Å². The Kier molecular flexibility index (Phi) is 3.96. The first-order chi connectivity index (χ1) is 12.5. The molecule has 4 rings (SSSR count). The number of thiazole rings is 1. The summed E-state index contributed by atoms with van der Waals surface area (Å²) in [7, 11) is 0. The van der Waals surface area contributed by atoms with Gasteiger partial charge in [-0.25, -0.2) is 9.37 Å². The number of fused-ring (bicyclic) bond motifs is 1. The summed E-state index contributed by atoms with van der Waals surface area (Å²) in [6, 6.07) is 9.64. The average molecular weight is 368 g/mol. The van der Waals surface area contributed by atoms with Crippen LogP contribution < -0.4 is 11.1 Å². The minimum absolute atomic E-state index is 0.294. The van der Waals surface area contributed by atoms with Crippen molar-refractivity contribution in [3.63, 3.8) is 0 Å². The molecule has 1 amide bonds. The number of hydrogen-bond donors (Lipinski definition) is 3. The summed E-state index contributed by atoms with van der Waals surface area (Å²) >= 11 is 1.35. The quantitative estimate of drug-likeness (QED) is 0.477. The number of aromatic nitrogens is 1. The number of nitrogens with one attached hydrogen (secondary N) is 2. The normalized spacial score (nSPS) is 18.7. The third-order valence-corrected chi connectivity index (χ3v) is 5.56. The number of halogens is 1. The molecular formula is C19H17FN4OS. The largest absolute Gasteiger partial charge is 0.398 e. The highest BCUT2D eigenvalue weighted by Gasteiger charge is 2.43. The molecular weight excluding hydrogens is 351 g/mol. The summed E-state index contributed by atoms with van der Waals surface area (Å²) in [6.07, 6.45) is 0.535. The zero-order valence-corrected chi connectivity index (χ0v) is 14.9. The van der Waals surface area contributed by atoms with Crippen LogP contribution in [0, 0.1) is 18.3 Å². The average Bonchev–Trinajstić information content (AvgIpc) is 3.22. The molecule has 2 atom stereocenters. The second kappa shape index (κ2) is 6.17. The van der Waals surface area contributed by atoms with Gasteiger partial charge in [0.25, 0.3) is 0 Å². The second-order valence-electron chi connectivity index (χ2n) is 6.45. The van der Waals surface area contributed by atoms with E-state index in [1.54, 1.807) is 0 Å². The number of aryl methyl sites for hydroxylation is 1. The molecule has 1 aliphatic rings. The van der Waals surface area contributed by atoms with Crippen LogP contribution in [0.2, 0.25) is 0 Å². The summed E-state index contributed by atoms with van der Waals surface area (Å²) in [6.45, 7) is 1.91. The Morgan fingerprint density at radius 3 is 2.88 bits per heavy atom. The maximum absolute atomic E-state index is 13.0. The molecule has 0 aliphatic heterocycles. The first-order valence-corrected chi connectivity index (χ1v) is 9.05. The molecule has 1 saturated carbocycles. The van der Waals surface area contributed by atoms with Crippen LogP contribution >= 0.6 is 11.3 Å². The lowest BCUT2D eigenvalue weighted by atomic mass is 9.96. The van der Waals surface area contributed by atoms with Crippen molar-refractivity contribution < 1.29 is 9.18 Å². The molecule has 3 aromatic rings. The number of amides is 1. The first kappa shape index (κ1) is 16.7. The van der Waals surface area contributed by atoms with Crippen LogP contribution in [0.4, 0.5) is 15.2 Å². The number of rotatable bonds is 4. The van der Waals surface area contributed by atoms with E-state index in [1.807, 2.05) is 37.3 Å². The molecule has 0 saturated heterocycles. The molecule has 4 N–H and O–H groups in total. The molecule has 0 bridgehead atoms. The lowest BCUT2D eigenvalue weighted by molar-refractivity contribution is -0.117. The number of carbonyl (C=O) groups is 1. The van der Waals surface area contributed by atoms with E-state index in [0.29, 0.717) is 22.8 Å². The Balaban J connectivity index is 1.69. The van der Waals surface area contributed by atoms with Gasteiger partial charge in [0, 0.05) is 17.5 Å². The fourth-order valence-electron chi connectivity index (χ4n) is 2.93. The first-order valence-electron chi connectivity index (χ1n) is 8.23. The van der Waals surface area contributed by atoms with Gasteiger partial charge in [0.2, 0.25) is 5.91 Å². The third-order valence-electron chi connectivity index (χ3n) is 4.63. The van der Waals surface area contributed by atoms with Gasteiger partial charge in [-0.2, -0.15) is 0 Å². The van der Waals surface area contributed by atoms with Crippen LogP contribution in [-0.4, -0.2) is 23.3 Å². The van der Waals surface area contributed by atoms with E-state index < -0.39 is 12.1 Å². The number of nitrogen functional groups attached to an aromatic ring is 1. The summed E-state index contributed by atoms with van der Waals surface area (Å²) < 4.78 is 13.9. The molecule has 132 valence electrons. The summed E-state index contributed by atoms with van der Waals surface area (Å²) in [5.41, 5.74) is 10.9. The number of nitrogens with zero attached hydrogens (tertiary/aromatic N) is 1. The number of hydrogen-bond acceptors (Lipinski definition) is 5. The van der Waals surface area contributed by atoms with Crippen molar-refractivity contribution in [1.82, 2.24) is 4.98 Å². The van der Waals surface area contributed by atoms with Crippen molar-refractivity contribution in [2.45, 2.75) is 19.5 Å². The molecule has 2 aromatic carbocycles. The van der Waals surface area contributed by atoms with Crippen molar-refractivity contribution in [2.75, 3.05) is 11.1 Å². The predicted octanol–water partition coefficient (Wildman–Crippen LogP) is 4.15. The predicted molar refractivity (Wildman–Crippen MR) is 104 cm³/mol. The number of anilines is 2. The Labute approximate surface area is 153 Å². The van der Waals surface area contributed by atoms with Crippen molar-refractivity contribution in [3.05, 3.63) is 41.5 Å². The van der Waals surface area contributed by atoms with E-state index >= 15 is 0 Å². The third kappa shape index (κ3) is 2.84. The van der Waals surface area contributed by atoms with Crippen molar-refractivity contribution in [2.24, 2.45) is 5.92 Å². The van der Waals surface area contributed by atoms with E-state index in [1.165, 1.54) is 17.6 Å². The van der Waals surface area contributed by atoms with Gasteiger partial charge in [0.05, 0.1) is 16.1 Å². The molecule has 7 heteroatoms. The number of benzene rings is 2. The highest BCUT2D eigenvalue weighted by molar-refractivity contribution is 7.22. The molecule has 1 fully saturated rings. The van der Waals surface area contributed by atoms with Gasteiger partial charge in [-0.1, -0.05) is 29.5 Å². The minimum Gasteiger partial charge on any atom is -0.398 e. The molecule has 0 radical (unpaired) electrons. The fraction of sp³-hybridized carbons (Fsp3) is 0.211. The van der Waals surface area contributed by atoms with Gasteiger partial charge in [-0.3, -0.25) is 4.79 Å². The Bertz CT molecular complexity index is 1050. The summed E-state index contributed by atoms with van der Waals surface area (Å²) in [5, 5.41) is 10.8. The lowest BCUT2D eigenvalue weighted by Crippen LogP contribution is -2.14. The maximum Gasteiger partial charge on any atom is 0.232 e. The molecule has 0 spiro atoms. The van der Waals surface area contributed by atoms with Crippen LogP contribution in [0.25, 0.3) is 21.3 Å². The molecule has 5 nitrogen and oxygen atoms in total. The smallest absolute Gasteiger partial charge is 0.232 e. The molecule has 0 unspecified atom stereocenters. The van der Waals surface area contributed by atoms with Crippen molar-refractivity contribution in [3.8, 4) is 11.1 Å². The lowest BCUT2D eigenvalue weighted by Gasteiger charge is -2.11. The fourth-order valence-corrected chi connectivity index (χ4v) is 3.84. The summed E-state index contributed by atoms with van der Waals surface area (Å²) in [5.74, 6) is -0.850. The van der Waals surface area contributed by atoms with Gasteiger partial charge in [-0.15, -0.1) is 0 Å². The Morgan fingerprint density at radius 2 is 2.19 bits per heavy atom. The monoisotopic (exact) mass is 368 g/mol. The zero-order chi connectivity index (χ0) is 18.4. The standard InChI is InChI=1S/C19H17FN4OS/c1-9-2-4-11(13(8-21)17(9)22)10-3-5-15-16(6-10)26-19(23-15)24-18(25)12-7-14(12)20/h2-6,8,12,14,21H,7,22H2,1H3,(H,23,24,25)/t12-,14+/m1/s1. The molecule has 26 heavy (non-hydrogen) atoms. The summed E-state index contributed by atoms with van der Waals surface area (Å²) in [4.78, 5) is 16.3. The molecule has 1 aliphatic carbocycles. The topological polar surface area (TPSA) is 91.9 Å².